The van der Waals surface area contributed by atoms with Crippen molar-refractivity contribution in [3.05, 3.63) is 35.4 Å². The lowest BCUT2D eigenvalue weighted by atomic mass is 10.1. The van der Waals surface area contributed by atoms with Gasteiger partial charge in [-0.05, 0) is 17.7 Å². The van der Waals surface area contributed by atoms with Gasteiger partial charge in [0.05, 0.1) is 5.56 Å². The fourth-order valence-corrected chi connectivity index (χ4v) is 1.16. The quantitative estimate of drug-likeness (QED) is 0.508. The molecule has 0 fully saturated rings. The van der Waals surface area contributed by atoms with Gasteiger partial charge in [-0.3, -0.25) is 0 Å². The van der Waals surface area contributed by atoms with Crippen LogP contribution in [0.25, 0.3) is 0 Å². The molecule has 0 spiro atoms. The van der Waals surface area contributed by atoms with E-state index in [4.69, 9.17) is 15.4 Å². The number of rotatable bonds is 3. The van der Waals surface area contributed by atoms with Crippen molar-refractivity contribution in [3.63, 3.8) is 0 Å². The number of carboxylic acids is 1. The standard InChI is InChI=1S/C8H9NO3S/c9-7(13-12)5-1-3-6(4-2-5)8(10)11/h1-4,7,12H,9H2,(H,10,11). The molecular weight excluding hydrogens is 190 g/mol. The van der Waals surface area contributed by atoms with Gasteiger partial charge in [-0.1, -0.05) is 12.1 Å². The summed E-state index contributed by atoms with van der Waals surface area (Å²) in [7, 11) is 0. The van der Waals surface area contributed by atoms with Gasteiger partial charge in [0.25, 0.3) is 0 Å². The molecular formula is C8H9NO3S. The fraction of sp³-hybridized carbons (Fsp3) is 0.125. The molecule has 0 aliphatic carbocycles. The molecule has 0 saturated carbocycles. The third kappa shape index (κ3) is 2.45. The van der Waals surface area contributed by atoms with Crippen LogP contribution >= 0.6 is 12.0 Å². The van der Waals surface area contributed by atoms with Gasteiger partial charge in [0.15, 0.2) is 0 Å². The fourth-order valence-electron chi connectivity index (χ4n) is 0.876. The topological polar surface area (TPSA) is 83.5 Å². The molecule has 70 valence electrons. The highest BCUT2D eigenvalue weighted by Crippen LogP contribution is 2.20. The highest BCUT2D eigenvalue weighted by molar-refractivity contribution is 7.93. The first-order chi connectivity index (χ1) is 6.15. The van der Waals surface area contributed by atoms with Crippen LogP contribution in [0.3, 0.4) is 0 Å². The Labute approximate surface area is 79.6 Å². The normalized spacial score (nSPS) is 12.5. The molecule has 1 aromatic rings. The Morgan fingerprint density at radius 1 is 1.38 bits per heavy atom. The summed E-state index contributed by atoms with van der Waals surface area (Å²) in [6.07, 6.45) is 0. The molecule has 1 rings (SSSR count). The van der Waals surface area contributed by atoms with Crippen LogP contribution in [0.5, 0.6) is 0 Å². The van der Waals surface area contributed by atoms with Crippen LogP contribution in [0, 0.1) is 0 Å². The lowest BCUT2D eigenvalue weighted by Gasteiger charge is -2.06. The zero-order chi connectivity index (χ0) is 9.84. The van der Waals surface area contributed by atoms with E-state index in [0.29, 0.717) is 17.6 Å². The first-order valence-electron chi connectivity index (χ1n) is 3.54. The lowest BCUT2D eigenvalue weighted by Crippen LogP contribution is -2.05. The highest BCUT2D eigenvalue weighted by Gasteiger charge is 2.06. The van der Waals surface area contributed by atoms with Gasteiger partial charge in [-0.25, -0.2) is 4.79 Å². The zero-order valence-electron chi connectivity index (χ0n) is 6.68. The van der Waals surface area contributed by atoms with Gasteiger partial charge >= 0.3 is 5.97 Å². The van der Waals surface area contributed by atoms with E-state index in [9.17, 15) is 4.79 Å². The maximum atomic E-state index is 10.5. The summed E-state index contributed by atoms with van der Waals surface area (Å²) in [6, 6.07) is 6.07. The van der Waals surface area contributed by atoms with Gasteiger partial charge in [-0.15, -0.1) is 0 Å². The minimum atomic E-state index is -0.975. The molecule has 13 heavy (non-hydrogen) atoms. The van der Waals surface area contributed by atoms with Crippen molar-refractivity contribution in [2.45, 2.75) is 5.37 Å². The summed E-state index contributed by atoms with van der Waals surface area (Å²) in [5.41, 5.74) is 6.39. The molecule has 5 heteroatoms. The monoisotopic (exact) mass is 199 g/mol. The summed E-state index contributed by atoms with van der Waals surface area (Å²) < 4.78 is 8.64. The number of nitrogens with two attached hydrogens (primary N) is 1. The number of aromatic carboxylic acids is 1. The summed E-state index contributed by atoms with van der Waals surface area (Å²) in [5.74, 6) is -0.975. The first kappa shape index (κ1) is 10.0. The highest BCUT2D eigenvalue weighted by atomic mass is 32.2. The maximum absolute atomic E-state index is 10.5. The molecule has 0 aromatic heterocycles. The SMILES string of the molecule is NC(SO)c1ccc(C(=O)O)cc1. The molecule has 1 atom stereocenters. The van der Waals surface area contributed by atoms with Crippen molar-refractivity contribution < 1.29 is 14.5 Å². The van der Waals surface area contributed by atoms with E-state index in [0.717, 1.165) is 0 Å². The Balaban J connectivity index is 2.87. The van der Waals surface area contributed by atoms with Crippen molar-refractivity contribution >= 4 is 18.0 Å². The second-order valence-corrected chi connectivity index (χ2v) is 3.17. The first-order valence-corrected chi connectivity index (χ1v) is 4.38. The Morgan fingerprint density at radius 2 is 1.92 bits per heavy atom. The van der Waals surface area contributed by atoms with E-state index in [1.54, 1.807) is 12.1 Å². The van der Waals surface area contributed by atoms with E-state index in [1.807, 2.05) is 0 Å². The van der Waals surface area contributed by atoms with Gasteiger partial charge in [0.1, 0.15) is 5.37 Å². The van der Waals surface area contributed by atoms with Crippen LogP contribution in [0.1, 0.15) is 21.3 Å². The van der Waals surface area contributed by atoms with Gasteiger partial charge in [0.2, 0.25) is 0 Å². The van der Waals surface area contributed by atoms with E-state index < -0.39 is 11.3 Å². The molecule has 4 nitrogen and oxygen atoms in total. The zero-order valence-corrected chi connectivity index (χ0v) is 7.49. The van der Waals surface area contributed by atoms with Crippen LogP contribution in [-0.4, -0.2) is 15.6 Å². The molecule has 1 unspecified atom stereocenters. The molecule has 0 saturated heterocycles. The third-order valence-electron chi connectivity index (χ3n) is 1.60. The minimum absolute atomic E-state index is 0.207. The smallest absolute Gasteiger partial charge is 0.335 e. The summed E-state index contributed by atoms with van der Waals surface area (Å²) in [4.78, 5) is 10.5. The maximum Gasteiger partial charge on any atom is 0.335 e. The lowest BCUT2D eigenvalue weighted by molar-refractivity contribution is 0.0697. The molecule has 0 radical (unpaired) electrons. The predicted octanol–water partition coefficient (Wildman–Crippen LogP) is 1.55. The van der Waals surface area contributed by atoms with E-state index in [2.05, 4.69) is 0 Å². The molecule has 0 aliphatic rings. The van der Waals surface area contributed by atoms with Crippen molar-refractivity contribution in [3.8, 4) is 0 Å². The summed E-state index contributed by atoms with van der Waals surface area (Å²) in [5, 5.41) is 8.06. The molecule has 0 bridgehead atoms. The summed E-state index contributed by atoms with van der Waals surface area (Å²) >= 11 is 0.522. The Kier molecular flexibility index (Phi) is 3.30. The van der Waals surface area contributed by atoms with Crippen LogP contribution in [-0.2, 0) is 0 Å². The van der Waals surface area contributed by atoms with Gasteiger partial charge in [-0.2, -0.15) is 0 Å². The predicted molar refractivity (Wildman–Crippen MR) is 50.5 cm³/mol. The second kappa shape index (κ2) is 4.27. The number of hydrogen-bond acceptors (Lipinski definition) is 4. The van der Waals surface area contributed by atoms with Crippen LogP contribution < -0.4 is 5.73 Å². The number of hydrogen-bond donors (Lipinski definition) is 3. The number of benzene rings is 1. The van der Waals surface area contributed by atoms with Crippen LogP contribution in [0.2, 0.25) is 0 Å². The van der Waals surface area contributed by atoms with Crippen LogP contribution in [0.4, 0.5) is 0 Å². The number of carboxylic acid groups (broad SMARTS) is 1. The van der Waals surface area contributed by atoms with Crippen LogP contribution in [0.15, 0.2) is 24.3 Å². The van der Waals surface area contributed by atoms with E-state index >= 15 is 0 Å². The Bertz CT molecular complexity index is 299. The van der Waals surface area contributed by atoms with E-state index in [-0.39, 0.29) is 5.56 Å². The van der Waals surface area contributed by atoms with Crippen molar-refractivity contribution in [1.29, 1.82) is 0 Å². The Hall–Kier alpha value is -1.04. The van der Waals surface area contributed by atoms with Crippen molar-refractivity contribution in [2.24, 2.45) is 5.73 Å². The van der Waals surface area contributed by atoms with Crippen molar-refractivity contribution in [2.75, 3.05) is 0 Å². The largest absolute Gasteiger partial charge is 0.478 e. The molecule has 0 amide bonds. The average Bonchev–Trinajstić information content (AvgIpc) is 2.17. The molecule has 1 aromatic carbocycles. The van der Waals surface area contributed by atoms with Gasteiger partial charge in [0, 0.05) is 12.0 Å². The average molecular weight is 199 g/mol. The molecule has 0 heterocycles. The van der Waals surface area contributed by atoms with Gasteiger partial charge < -0.3 is 15.4 Å². The Morgan fingerprint density at radius 3 is 2.31 bits per heavy atom. The summed E-state index contributed by atoms with van der Waals surface area (Å²) in [6.45, 7) is 0. The molecule has 0 aliphatic heterocycles. The number of carbonyl (C=O) groups is 1. The second-order valence-electron chi connectivity index (χ2n) is 2.45. The minimum Gasteiger partial charge on any atom is -0.478 e. The third-order valence-corrected chi connectivity index (χ3v) is 2.10. The van der Waals surface area contributed by atoms with Crippen molar-refractivity contribution in [1.82, 2.24) is 0 Å². The molecule has 4 N–H and O–H groups in total. The van der Waals surface area contributed by atoms with E-state index in [1.165, 1.54) is 12.1 Å².